The van der Waals surface area contributed by atoms with Gasteiger partial charge < -0.3 is 18.0 Å². The zero-order valence-corrected chi connectivity index (χ0v) is 35.2. The molecule has 8 heteroatoms. The van der Waals surface area contributed by atoms with E-state index in [2.05, 4.69) is 158 Å². The number of thiophene rings is 4. The van der Waals surface area contributed by atoms with Gasteiger partial charge in [-0.15, -0.1) is 45.3 Å². The van der Waals surface area contributed by atoms with E-state index in [0.29, 0.717) is 0 Å². The van der Waals surface area contributed by atoms with Crippen LogP contribution in [0.4, 0.5) is 0 Å². The van der Waals surface area contributed by atoms with Crippen molar-refractivity contribution in [3.63, 3.8) is 0 Å². The van der Waals surface area contributed by atoms with Gasteiger partial charge in [-0.1, -0.05) is 59.7 Å². The van der Waals surface area contributed by atoms with Gasteiger partial charge in [0.05, 0.1) is 50.6 Å². The average molecular weight is 821 g/mol. The molecule has 8 aromatic heterocycles. The second-order valence-corrected chi connectivity index (χ2v) is 19.9. The van der Waals surface area contributed by atoms with Crippen molar-refractivity contribution >= 4 is 128 Å². The van der Waals surface area contributed by atoms with Crippen LogP contribution in [0.2, 0.25) is 0 Å². The molecule has 0 aliphatic carbocycles. The van der Waals surface area contributed by atoms with Gasteiger partial charge in [0.25, 0.3) is 0 Å². The lowest BCUT2D eigenvalue weighted by atomic mass is 10.1. The molecule has 0 spiro atoms. The molecule has 0 aliphatic heterocycles. The SMILES string of the molecule is Cc1ccc(-n2c3cc4c5sc6cc(-c7cc8ccc(C)cc8o7)sc6c5n(-c5ccc(C)cc5)c4cc3c3sc4cc(-c5cc6ccc(C)cc6o5)sc4c32)cc1. The van der Waals surface area contributed by atoms with Crippen LogP contribution < -0.4 is 0 Å². The standard InChI is InChI=1S/C50H32N2O2S4/c1-25-7-13-31(14-8-25)51-35-21-34-36(22-33(35)47-45(51)49-43(57-47)23-41(55-49)39-19-29-11-5-27(3)17-37(29)53-39)52(32-15-9-26(2)10-16-32)46-48(34)58-44-24-42(56-50(44)46)40-20-30-12-6-28(4)18-38(30)54-40/h5-24H,1-4H3. The van der Waals surface area contributed by atoms with Crippen LogP contribution in [-0.4, -0.2) is 9.13 Å². The van der Waals surface area contributed by atoms with Crippen LogP contribution in [0.15, 0.2) is 130 Å². The Hall–Kier alpha value is -5.90. The number of furan rings is 2. The predicted molar refractivity (Wildman–Crippen MR) is 251 cm³/mol. The van der Waals surface area contributed by atoms with E-state index in [1.54, 1.807) is 0 Å². The third-order valence-corrected chi connectivity index (χ3v) is 16.5. The Kier molecular flexibility index (Phi) is 6.76. The Balaban J connectivity index is 1.09. The van der Waals surface area contributed by atoms with E-state index in [4.69, 9.17) is 8.83 Å². The van der Waals surface area contributed by atoms with Crippen molar-refractivity contribution in [2.45, 2.75) is 27.7 Å². The molecule has 0 unspecified atom stereocenters. The Bertz CT molecular complexity index is 3580. The third kappa shape index (κ3) is 4.71. The van der Waals surface area contributed by atoms with Crippen molar-refractivity contribution in [1.29, 1.82) is 0 Å². The first kappa shape index (κ1) is 33.1. The van der Waals surface area contributed by atoms with Crippen molar-refractivity contribution in [3.8, 4) is 32.6 Å². The zero-order chi connectivity index (χ0) is 38.6. The summed E-state index contributed by atoms with van der Waals surface area (Å²) in [7, 11) is 0. The summed E-state index contributed by atoms with van der Waals surface area (Å²) in [5, 5.41) is 4.82. The molecule has 5 aromatic carbocycles. The first-order chi connectivity index (χ1) is 28.3. The fraction of sp³-hybridized carbons (Fsp3) is 0.0800. The minimum atomic E-state index is 0.927. The van der Waals surface area contributed by atoms with Crippen LogP contribution >= 0.6 is 45.3 Å². The van der Waals surface area contributed by atoms with Crippen LogP contribution in [0.25, 0.3) is 116 Å². The molecule has 0 N–H and O–H groups in total. The van der Waals surface area contributed by atoms with Crippen molar-refractivity contribution in [1.82, 2.24) is 9.13 Å². The molecule has 58 heavy (non-hydrogen) atoms. The number of aryl methyl sites for hydroxylation is 4. The van der Waals surface area contributed by atoms with Crippen molar-refractivity contribution in [2.24, 2.45) is 0 Å². The topological polar surface area (TPSA) is 36.1 Å². The highest BCUT2D eigenvalue weighted by Crippen LogP contribution is 2.52. The van der Waals surface area contributed by atoms with Crippen LogP contribution in [-0.2, 0) is 0 Å². The van der Waals surface area contributed by atoms with Crippen molar-refractivity contribution < 1.29 is 8.83 Å². The summed E-state index contributed by atoms with van der Waals surface area (Å²) in [5.41, 5.74) is 14.1. The van der Waals surface area contributed by atoms with E-state index in [1.165, 1.54) is 94.7 Å². The summed E-state index contributed by atoms with van der Waals surface area (Å²) in [4.78, 5) is 2.32. The molecular formula is C50H32N2O2S4. The minimum absolute atomic E-state index is 0.927. The fourth-order valence-corrected chi connectivity index (χ4v) is 13.9. The fourth-order valence-electron chi connectivity index (χ4n) is 8.76. The first-order valence-electron chi connectivity index (χ1n) is 19.4. The summed E-state index contributed by atoms with van der Waals surface area (Å²) in [6.45, 7) is 8.55. The molecular weight excluding hydrogens is 789 g/mol. The molecule has 0 fully saturated rings. The van der Waals surface area contributed by atoms with Gasteiger partial charge in [-0.3, -0.25) is 0 Å². The molecule has 278 valence electrons. The number of aromatic nitrogens is 2. The third-order valence-electron chi connectivity index (χ3n) is 11.6. The van der Waals surface area contributed by atoms with Crippen LogP contribution in [0.5, 0.6) is 0 Å². The smallest absolute Gasteiger partial charge is 0.145 e. The molecule has 0 atom stereocenters. The number of hydrogen-bond acceptors (Lipinski definition) is 6. The summed E-state index contributed by atoms with van der Waals surface area (Å²) in [5.74, 6) is 1.85. The molecule has 0 saturated heterocycles. The highest BCUT2D eigenvalue weighted by molar-refractivity contribution is 7.35. The monoisotopic (exact) mass is 820 g/mol. The maximum absolute atomic E-state index is 6.45. The van der Waals surface area contributed by atoms with E-state index in [0.717, 1.165) is 43.2 Å². The van der Waals surface area contributed by atoms with Gasteiger partial charge in [0.1, 0.15) is 22.7 Å². The van der Waals surface area contributed by atoms with Gasteiger partial charge in [0, 0.05) is 42.3 Å². The quantitative estimate of drug-likeness (QED) is 0.177. The van der Waals surface area contributed by atoms with Gasteiger partial charge in [0.2, 0.25) is 0 Å². The maximum atomic E-state index is 6.45. The summed E-state index contributed by atoms with van der Waals surface area (Å²) in [6.07, 6.45) is 0. The van der Waals surface area contributed by atoms with Crippen molar-refractivity contribution in [2.75, 3.05) is 0 Å². The predicted octanol–water partition coefficient (Wildman–Crippen LogP) is 16.5. The van der Waals surface area contributed by atoms with Crippen LogP contribution in [0.3, 0.4) is 0 Å². The molecule has 0 saturated carbocycles. The average Bonchev–Trinajstić information content (AvgIpc) is 4.07. The largest absolute Gasteiger partial charge is 0.455 e. The molecule has 0 aliphatic rings. The lowest BCUT2D eigenvalue weighted by molar-refractivity contribution is 0.632. The number of hydrogen-bond donors (Lipinski definition) is 0. The zero-order valence-electron chi connectivity index (χ0n) is 31.9. The Morgan fingerprint density at radius 1 is 0.397 bits per heavy atom. The van der Waals surface area contributed by atoms with E-state index < -0.39 is 0 Å². The van der Waals surface area contributed by atoms with E-state index in [9.17, 15) is 0 Å². The van der Waals surface area contributed by atoms with Gasteiger partial charge in [-0.2, -0.15) is 0 Å². The van der Waals surface area contributed by atoms with Crippen LogP contribution in [0.1, 0.15) is 22.3 Å². The van der Waals surface area contributed by atoms with E-state index in [-0.39, 0.29) is 0 Å². The van der Waals surface area contributed by atoms with Gasteiger partial charge in [-0.25, -0.2) is 0 Å². The van der Waals surface area contributed by atoms with E-state index >= 15 is 0 Å². The van der Waals surface area contributed by atoms with Crippen molar-refractivity contribution in [3.05, 3.63) is 144 Å². The number of rotatable bonds is 4. The lowest BCUT2D eigenvalue weighted by Crippen LogP contribution is -1.95. The lowest BCUT2D eigenvalue weighted by Gasteiger charge is -2.10. The second kappa shape index (κ2) is 11.8. The molecule has 8 heterocycles. The van der Waals surface area contributed by atoms with Gasteiger partial charge in [-0.05, 0) is 112 Å². The molecule has 0 bridgehead atoms. The first-order valence-corrected chi connectivity index (χ1v) is 22.6. The Morgan fingerprint density at radius 2 is 0.810 bits per heavy atom. The maximum Gasteiger partial charge on any atom is 0.145 e. The Morgan fingerprint density at radius 3 is 1.24 bits per heavy atom. The number of fused-ring (bicyclic) bond motifs is 12. The molecule has 13 rings (SSSR count). The van der Waals surface area contributed by atoms with Crippen LogP contribution in [0, 0.1) is 27.7 Å². The van der Waals surface area contributed by atoms with Gasteiger partial charge in [0.15, 0.2) is 0 Å². The molecule has 13 aromatic rings. The number of nitrogens with zero attached hydrogens (tertiary/aromatic N) is 2. The molecule has 4 nitrogen and oxygen atoms in total. The molecule has 0 amide bonds. The Labute approximate surface area is 348 Å². The second-order valence-electron chi connectivity index (χ2n) is 15.7. The highest BCUT2D eigenvalue weighted by atomic mass is 32.1. The summed E-state index contributed by atoms with van der Waals surface area (Å²) >= 11 is 7.46. The normalized spacial score (nSPS) is 12.5. The number of benzene rings is 5. The summed E-state index contributed by atoms with van der Waals surface area (Å²) < 4.78 is 25.7. The molecule has 0 radical (unpaired) electrons. The minimum Gasteiger partial charge on any atom is -0.455 e. The van der Waals surface area contributed by atoms with Gasteiger partial charge >= 0.3 is 0 Å². The summed E-state index contributed by atoms with van der Waals surface area (Å²) in [6, 6.07) is 44.8. The highest BCUT2D eigenvalue weighted by Gasteiger charge is 2.26. The van der Waals surface area contributed by atoms with E-state index in [1.807, 2.05) is 45.3 Å².